The third-order valence-corrected chi connectivity index (χ3v) is 4.81. The number of nitrogens with zero attached hydrogens (tertiary/aromatic N) is 3. The van der Waals surface area contributed by atoms with Crippen LogP contribution in [0.1, 0.15) is 21.7 Å². The number of aromatic nitrogens is 2. The second kappa shape index (κ2) is 8.45. The summed E-state index contributed by atoms with van der Waals surface area (Å²) in [5, 5.41) is 3.99. The van der Waals surface area contributed by atoms with Gasteiger partial charge in [-0.05, 0) is 31.2 Å². The molecule has 29 heavy (non-hydrogen) atoms. The molecule has 7 nitrogen and oxygen atoms in total. The number of hydrogen-bond donors (Lipinski definition) is 0. The van der Waals surface area contributed by atoms with Gasteiger partial charge in [-0.25, -0.2) is 0 Å². The molecule has 1 fully saturated rings. The van der Waals surface area contributed by atoms with Crippen LogP contribution < -0.4 is 4.74 Å². The van der Waals surface area contributed by atoms with Crippen molar-refractivity contribution in [2.75, 3.05) is 26.8 Å². The minimum atomic E-state index is -0.0687. The van der Waals surface area contributed by atoms with Crippen molar-refractivity contribution in [2.24, 2.45) is 0 Å². The summed E-state index contributed by atoms with van der Waals surface area (Å²) in [6.07, 6.45) is 0.516. The Morgan fingerprint density at radius 3 is 2.83 bits per heavy atom. The highest BCUT2D eigenvalue weighted by atomic mass is 16.5. The highest BCUT2D eigenvalue weighted by Gasteiger charge is 2.33. The third-order valence-electron chi connectivity index (χ3n) is 4.81. The highest BCUT2D eigenvalue weighted by molar-refractivity contribution is 5.95. The Labute approximate surface area is 169 Å². The molecule has 2 aromatic carbocycles. The van der Waals surface area contributed by atoms with Gasteiger partial charge in [-0.3, -0.25) is 4.79 Å². The Bertz CT molecular complexity index is 995. The van der Waals surface area contributed by atoms with Crippen LogP contribution in [0.5, 0.6) is 5.75 Å². The topological polar surface area (TPSA) is 77.7 Å². The lowest BCUT2D eigenvalue weighted by Crippen LogP contribution is -2.56. The molecule has 0 atom stereocenters. The van der Waals surface area contributed by atoms with Crippen LogP contribution in [-0.2, 0) is 11.2 Å². The van der Waals surface area contributed by atoms with Crippen LogP contribution in [0, 0.1) is 6.92 Å². The van der Waals surface area contributed by atoms with Gasteiger partial charge in [0.05, 0.1) is 25.3 Å². The van der Waals surface area contributed by atoms with Crippen molar-refractivity contribution in [1.82, 2.24) is 15.0 Å². The zero-order valence-electron chi connectivity index (χ0n) is 16.5. The standard InChI is InChI=1S/C22H23N3O4/c1-15-6-5-7-16(12-15)22(26)25-13-17(14-25)28-19-9-4-3-8-18(19)21-23-20(24-29-21)10-11-27-2/h3-9,12,17H,10-11,13-14H2,1-2H3. The van der Waals surface area contributed by atoms with Gasteiger partial charge in [0.25, 0.3) is 11.8 Å². The Balaban J connectivity index is 1.40. The van der Waals surface area contributed by atoms with Crippen molar-refractivity contribution in [3.05, 3.63) is 65.5 Å². The normalized spacial score (nSPS) is 13.9. The van der Waals surface area contributed by atoms with Gasteiger partial charge in [-0.2, -0.15) is 4.98 Å². The predicted molar refractivity (Wildman–Crippen MR) is 107 cm³/mol. The maximum atomic E-state index is 12.6. The van der Waals surface area contributed by atoms with E-state index < -0.39 is 0 Å². The molecule has 0 unspecified atom stereocenters. The van der Waals surface area contributed by atoms with Gasteiger partial charge in [0.2, 0.25) is 0 Å². The number of carbonyl (C=O) groups is 1. The Kier molecular flexibility index (Phi) is 5.57. The number of likely N-dealkylation sites (tertiary alicyclic amines) is 1. The first-order valence-corrected chi connectivity index (χ1v) is 9.57. The van der Waals surface area contributed by atoms with E-state index in [4.69, 9.17) is 14.0 Å². The van der Waals surface area contributed by atoms with E-state index in [9.17, 15) is 4.79 Å². The maximum Gasteiger partial charge on any atom is 0.261 e. The first-order valence-electron chi connectivity index (χ1n) is 9.57. The summed E-state index contributed by atoms with van der Waals surface area (Å²) in [5.74, 6) is 1.71. The van der Waals surface area contributed by atoms with E-state index >= 15 is 0 Å². The molecule has 0 N–H and O–H groups in total. The van der Waals surface area contributed by atoms with E-state index in [2.05, 4.69) is 10.1 Å². The predicted octanol–water partition coefficient (Wildman–Crippen LogP) is 3.14. The summed E-state index contributed by atoms with van der Waals surface area (Å²) < 4.78 is 16.6. The molecule has 150 valence electrons. The molecule has 1 aliphatic rings. The van der Waals surface area contributed by atoms with Crippen LogP contribution in [0.15, 0.2) is 53.1 Å². The van der Waals surface area contributed by atoms with Crippen molar-refractivity contribution >= 4 is 5.91 Å². The van der Waals surface area contributed by atoms with E-state index in [0.717, 1.165) is 11.1 Å². The highest BCUT2D eigenvalue weighted by Crippen LogP contribution is 2.31. The van der Waals surface area contributed by atoms with Gasteiger partial charge >= 0.3 is 0 Å². The Morgan fingerprint density at radius 2 is 2.03 bits per heavy atom. The lowest BCUT2D eigenvalue weighted by molar-refractivity contribution is 0.0179. The first kappa shape index (κ1) is 19.1. The molecule has 4 rings (SSSR count). The smallest absolute Gasteiger partial charge is 0.261 e. The van der Waals surface area contributed by atoms with E-state index in [0.29, 0.717) is 49.1 Å². The summed E-state index contributed by atoms with van der Waals surface area (Å²) >= 11 is 0. The molecule has 0 aliphatic carbocycles. The molecule has 3 aromatic rings. The van der Waals surface area contributed by atoms with Crippen molar-refractivity contribution in [2.45, 2.75) is 19.4 Å². The number of rotatable bonds is 7. The average molecular weight is 393 g/mol. The van der Waals surface area contributed by atoms with E-state index in [-0.39, 0.29) is 12.0 Å². The molecule has 7 heteroatoms. The number of para-hydroxylation sites is 1. The first-order chi connectivity index (χ1) is 14.1. The molecule has 2 heterocycles. The number of ether oxygens (including phenoxy) is 2. The molecule has 0 spiro atoms. The van der Waals surface area contributed by atoms with Crippen LogP contribution in [-0.4, -0.2) is 53.9 Å². The van der Waals surface area contributed by atoms with Crippen LogP contribution in [0.25, 0.3) is 11.5 Å². The van der Waals surface area contributed by atoms with Crippen LogP contribution in [0.3, 0.4) is 0 Å². The van der Waals surface area contributed by atoms with Crippen molar-refractivity contribution < 1.29 is 18.8 Å². The fourth-order valence-electron chi connectivity index (χ4n) is 3.22. The van der Waals surface area contributed by atoms with Gasteiger partial charge in [-0.1, -0.05) is 35.0 Å². The SMILES string of the molecule is COCCc1noc(-c2ccccc2OC2CN(C(=O)c3cccc(C)c3)C2)n1. The van der Waals surface area contributed by atoms with E-state index in [1.807, 2.05) is 55.5 Å². The van der Waals surface area contributed by atoms with Gasteiger partial charge in [0.1, 0.15) is 11.9 Å². The van der Waals surface area contributed by atoms with Crippen LogP contribution in [0.4, 0.5) is 0 Å². The zero-order valence-corrected chi connectivity index (χ0v) is 16.5. The van der Waals surface area contributed by atoms with Gasteiger partial charge in [0.15, 0.2) is 5.82 Å². The van der Waals surface area contributed by atoms with Crippen LogP contribution >= 0.6 is 0 Å². The van der Waals surface area contributed by atoms with Crippen molar-refractivity contribution in [1.29, 1.82) is 0 Å². The summed E-state index contributed by atoms with van der Waals surface area (Å²) in [5.41, 5.74) is 2.52. The van der Waals surface area contributed by atoms with E-state index in [1.54, 1.807) is 12.0 Å². The molecule has 1 saturated heterocycles. The second-order valence-electron chi connectivity index (χ2n) is 7.07. The summed E-state index contributed by atoms with van der Waals surface area (Å²) in [6.45, 7) is 3.60. The number of aryl methyl sites for hydroxylation is 1. The summed E-state index contributed by atoms with van der Waals surface area (Å²) in [7, 11) is 1.63. The molecule has 0 radical (unpaired) electrons. The van der Waals surface area contributed by atoms with Crippen molar-refractivity contribution in [3.63, 3.8) is 0 Å². The molecule has 1 aromatic heterocycles. The third kappa shape index (κ3) is 4.30. The fourth-order valence-corrected chi connectivity index (χ4v) is 3.22. The quantitative estimate of drug-likeness (QED) is 0.614. The number of amides is 1. The molecular weight excluding hydrogens is 370 g/mol. The second-order valence-corrected chi connectivity index (χ2v) is 7.07. The largest absolute Gasteiger partial charge is 0.486 e. The average Bonchev–Trinajstić information content (AvgIpc) is 3.17. The molecular formula is C22H23N3O4. The van der Waals surface area contributed by atoms with Gasteiger partial charge in [-0.15, -0.1) is 0 Å². The molecule has 0 bridgehead atoms. The fraction of sp³-hybridized carbons (Fsp3) is 0.318. The van der Waals surface area contributed by atoms with Gasteiger partial charge < -0.3 is 18.9 Å². The molecule has 1 aliphatic heterocycles. The number of methoxy groups -OCH3 is 1. The lowest BCUT2D eigenvalue weighted by atomic mass is 10.1. The van der Waals surface area contributed by atoms with Crippen molar-refractivity contribution in [3.8, 4) is 17.2 Å². The lowest BCUT2D eigenvalue weighted by Gasteiger charge is -2.39. The number of benzene rings is 2. The summed E-state index contributed by atoms with van der Waals surface area (Å²) in [6, 6.07) is 15.2. The molecule has 0 saturated carbocycles. The monoisotopic (exact) mass is 393 g/mol. The summed E-state index contributed by atoms with van der Waals surface area (Å²) in [4.78, 5) is 18.8. The zero-order chi connectivity index (χ0) is 20.2. The minimum Gasteiger partial charge on any atom is -0.486 e. The van der Waals surface area contributed by atoms with Gasteiger partial charge in [0, 0.05) is 19.1 Å². The number of hydrogen-bond acceptors (Lipinski definition) is 6. The maximum absolute atomic E-state index is 12.6. The number of carbonyl (C=O) groups excluding carboxylic acids is 1. The molecule has 1 amide bonds. The Hall–Kier alpha value is -3.19. The Morgan fingerprint density at radius 1 is 1.21 bits per heavy atom. The van der Waals surface area contributed by atoms with Crippen LogP contribution in [0.2, 0.25) is 0 Å². The minimum absolute atomic E-state index is 0.0292. The van der Waals surface area contributed by atoms with E-state index in [1.165, 1.54) is 0 Å².